The van der Waals surface area contributed by atoms with E-state index in [1.807, 2.05) is 43.3 Å². The number of carbonyl (C=O) groups is 2. The fourth-order valence-electron chi connectivity index (χ4n) is 2.84. The van der Waals surface area contributed by atoms with Crippen molar-refractivity contribution in [3.63, 3.8) is 0 Å². The molecule has 0 aliphatic carbocycles. The highest BCUT2D eigenvalue weighted by Crippen LogP contribution is 2.28. The van der Waals surface area contributed by atoms with Crippen LogP contribution in [0.15, 0.2) is 60.7 Å². The molecule has 3 rings (SSSR count). The number of hydrogen-bond acceptors (Lipinski definition) is 3. The van der Waals surface area contributed by atoms with Gasteiger partial charge in [-0.2, -0.15) is 0 Å². The molecule has 0 bridgehead atoms. The lowest BCUT2D eigenvalue weighted by Crippen LogP contribution is -2.24. The summed E-state index contributed by atoms with van der Waals surface area (Å²) in [5.41, 5.74) is 6.89. The molecular weight excluding hydrogens is 352 g/mol. The Morgan fingerprint density at radius 3 is 2.50 bits per heavy atom. The quantitative estimate of drug-likeness (QED) is 0.675. The van der Waals surface area contributed by atoms with Crippen molar-refractivity contribution in [2.75, 3.05) is 13.2 Å². The number of carbonyl (C=O) groups excluding carboxylic acids is 2. The third kappa shape index (κ3) is 4.30. The summed E-state index contributed by atoms with van der Waals surface area (Å²) >= 11 is 0. The Morgan fingerprint density at radius 2 is 1.79 bits per heavy atom. The normalized spacial score (nSPS) is 10.0. The van der Waals surface area contributed by atoms with Gasteiger partial charge in [0.2, 0.25) is 5.91 Å². The molecule has 5 nitrogen and oxygen atoms in total. The minimum absolute atomic E-state index is 0.186. The number of fused-ring (bicyclic) bond motifs is 1. The van der Waals surface area contributed by atoms with E-state index in [0.717, 1.165) is 16.3 Å². The molecule has 0 atom stereocenters. The van der Waals surface area contributed by atoms with E-state index in [1.165, 1.54) is 0 Å². The zero-order chi connectivity index (χ0) is 19.9. The van der Waals surface area contributed by atoms with E-state index in [1.54, 1.807) is 24.3 Å². The van der Waals surface area contributed by atoms with E-state index >= 15 is 0 Å². The predicted octanol–water partition coefficient (Wildman–Crippen LogP) is 3.12. The van der Waals surface area contributed by atoms with Crippen LogP contribution in [-0.2, 0) is 0 Å². The first-order valence-corrected chi connectivity index (χ1v) is 8.91. The van der Waals surface area contributed by atoms with Crippen LogP contribution < -0.4 is 15.8 Å². The molecule has 3 N–H and O–H groups in total. The molecule has 0 saturated carbocycles. The molecule has 28 heavy (non-hydrogen) atoms. The van der Waals surface area contributed by atoms with Crippen molar-refractivity contribution in [3.05, 3.63) is 77.4 Å². The summed E-state index contributed by atoms with van der Waals surface area (Å²) in [6.07, 6.45) is 0. The zero-order valence-corrected chi connectivity index (χ0v) is 15.5. The summed E-state index contributed by atoms with van der Waals surface area (Å²) in [4.78, 5) is 23.9. The zero-order valence-electron chi connectivity index (χ0n) is 15.5. The van der Waals surface area contributed by atoms with Crippen LogP contribution in [-0.4, -0.2) is 25.0 Å². The van der Waals surface area contributed by atoms with Gasteiger partial charge in [0.05, 0.1) is 18.7 Å². The van der Waals surface area contributed by atoms with Gasteiger partial charge in [-0.15, -0.1) is 0 Å². The molecule has 2 amide bonds. The molecule has 0 heterocycles. The number of amides is 2. The van der Waals surface area contributed by atoms with Crippen molar-refractivity contribution < 1.29 is 14.3 Å². The lowest BCUT2D eigenvalue weighted by atomic mass is 10.0. The molecule has 5 heteroatoms. The molecule has 0 aliphatic rings. The largest absolute Gasteiger partial charge is 0.493 e. The van der Waals surface area contributed by atoms with Crippen LogP contribution in [0.3, 0.4) is 0 Å². The highest BCUT2D eigenvalue weighted by molar-refractivity contribution is 6.09. The first-order valence-electron chi connectivity index (χ1n) is 8.91. The Labute approximate surface area is 163 Å². The number of ether oxygens (including phenoxy) is 1. The van der Waals surface area contributed by atoms with Gasteiger partial charge in [-0.1, -0.05) is 42.2 Å². The van der Waals surface area contributed by atoms with E-state index in [9.17, 15) is 9.59 Å². The second kappa shape index (κ2) is 8.74. The second-order valence-corrected chi connectivity index (χ2v) is 6.02. The Bertz CT molecular complexity index is 1080. The van der Waals surface area contributed by atoms with Crippen molar-refractivity contribution >= 4 is 22.6 Å². The molecule has 0 aliphatic heterocycles. The van der Waals surface area contributed by atoms with E-state index in [-0.39, 0.29) is 12.5 Å². The van der Waals surface area contributed by atoms with Crippen LogP contribution in [0, 0.1) is 11.8 Å². The number of nitrogens with two attached hydrogens (primary N) is 1. The van der Waals surface area contributed by atoms with Crippen molar-refractivity contribution in [2.24, 2.45) is 5.73 Å². The summed E-state index contributed by atoms with van der Waals surface area (Å²) in [6, 6.07) is 18.1. The minimum Gasteiger partial charge on any atom is -0.493 e. The molecule has 3 aromatic rings. The third-order valence-corrected chi connectivity index (χ3v) is 4.16. The van der Waals surface area contributed by atoms with Crippen molar-refractivity contribution in [1.82, 2.24) is 5.32 Å². The average molecular weight is 372 g/mol. The highest BCUT2D eigenvalue weighted by Gasteiger charge is 2.15. The van der Waals surface area contributed by atoms with Crippen LogP contribution in [0.5, 0.6) is 5.75 Å². The summed E-state index contributed by atoms with van der Waals surface area (Å²) < 4.78 is 5.64. The van der Waals surface area contributed by atoms with E-state index in [2.05, 4.69) is 17.2 Å². The summed E-state index contributed by atoms with van der Waals surface area (Å²) in [5, 5.41) is 4.63. The fraction of sp³-hybridized carbons (Fsp3) is 0.130. The van der Waals surface area contributed by atoms with Gasteiger partial charge in [-0.05, 0) is 48.0 Å². The third-order valence-electron chi connectivity index (χ3n) is 4.16. The summed E-state index contributed by atoms with van der Waals surface area (Å²) in [5.74, 6) is 5.69. The van der Waals surface area contributed by atoms with Gasteiger partial charge in [0.1, 0.15) is 5.75 Å². The van der Waals surface area contributed by atoms with Gasteiger partial charge in [0, 0.05) is 11.1 Å². The standard InChI is InChI=1S/C23H20N2O3/c1-2-28-20-14-13-17-7-3-4-8-19(17)21(20)23(27)25-15-5-6-16-9-11-18(12-10-16)22(24)26/h3-4,7-14H,2,15H2,1H3,(H2,24,26)(H,25,27). The Morgan fingerprint density at radius 1 is 1.04 bits per heavy atom. The molecule has 0 radical (unpaired) electrons. The average Bonchev–Trinajstić information content (AvgIpc) is 2.71. The van der Waals surface area contributed by atoms with Crippen molar-refractivity contribution in [2.45, 2.75) is 6.92 Å². The van der Waals surface area contributed by atoms with E-state index < -0.39 is 5.91 Å². The molecule has 0 fully saturated rings. The van der Waals surface area contributed by atoms with Crippen molar-refractivity contribution in [3.8, 4) is 17.6 Å². The monoisotopic (exact) mass is 372 g/mol. The lowest BCUT2D eigenvalue weighted by molar-refractivity contribution is 0.0955. The van der Waals surface area contributed by atoms with Gasteiger partial charge >= 0.3 is 0 Å². The number of rotatable bonds is 5. The fourth-order valence-corrected chi connectivity index (χ4v) is 2.84. The van der Waals surface area contributed by atoms with Crippen LogP contribution in [0.25, 0.3) is 10.8 Å². The van der Waals surface area contributed by atoms with Crippen LogP contribution in [0.1, 0.15) is 33.2 Å². The SMILES string of the molecule is CCOc1ccc2ccccc2c1C(=O)NCC#Cc1ccc(C(N)=O)cc1. The van der Waals surface area contributed by atoms with Gasteiger partial charge in [0.15, 0.2) is 0 Å². The predicted molar refractivity (Wildman–Crippen MR) is 109 cm³/mol. The van der Waals surface area contributed by atoms with Crippen LogP contribution in [0.2, 0.25) is 0 Å². The molecular formula is C23H20N2O3. The number of hydrogen-bond donors (Lipinski definition) is 2. The number of benzene rings is 3. The Balaban J connectivity index is 1.75. The maximum Gasteiger partial charge on any atom is 0.256 e. The number of nitrogens with one attached hydrogen (secondary N) is 1. The Kier molecular flexibility index (Phi) is 5.93. The van der Waals surface area contributed by atoms with Gasteiger partial charge in [-0.3, -0.25) is 9.59 Å². The summed E-state index contributed by atoms with van der Waals surface area (Å²) in [6.45, 7) is 2.54. The first-order chi connectivity index (χ1) is 13.6. The van der Waals surface area contributed by atoms with Crippen molar-refractivity contribution in [1.29, 1.82) is 0 Å². The minimum atomic E-state index is -0.480. The molecule has 140 valence electrons. The molecule has 0 spiro atoms. The second-order valence-electron chi connectivity index (χ2n) is 6.02. The lowest BCUT2D eigenvalue weighted by Gasteiger charge is -2.12. The van der Waals surface area contributed by atoms with E-state index in [4.69, 9.17) is 10.5 Å². The van der Waals surface area contributed by atoms with Crippen LogP contribution in [0.4, 0.5) is 0 Å². The smallest absolute Gasteiger partial charge is 0.256 e. The van der Waals surface area contributed by atoms with Gasteiger partial charge < -0.3 is 15.8 Å². The Hall–Kier alpha value is -3.78. The molecule has 0 unspecified atom stereocenters. The van der Waals surface area contributed by atoms with Gasteiger partial charge in [-0.25, -0.2) is 0 Å². The number of primary amides is 1. The molecule has 0 saturated heterocycles. The molecule has 0 aromatic heterocycles. The maximum absolute atomic E-state index is 12.8. The highest BCUT2D eigenvalue weighted by atomic mass is 16.5. The van der Waals surface area contributed by atoms with Gasteiger partial charge in [0.25, 0.3) is 5.91 Å². The van der Waals surface area contributed by atoms with E-state index in [0.29, 0.717) is 23.5 Å². The maximum atomic E-state index is 12.8. The molecule has 3 aromatic carbocycles. The van der Waals surface area contributed by atoms with Crippen LogP contribution >= 0.6 is 0 Å². The topological polar surface area (TPSA) is 81.4 Å². The first kappa shape index (κ1) is 19.0. The summed E-state index contributed by atoms with van der Waals surface area (Å²) in [7, 11) is 0.